The summed E-state index contributed by atoms with van der Waals surface area (Å²) in [6, 6.07) is 7.44. The molecule has 1 rings (SSSR count). The van der Waals surface area contributed by atoms with E-state index in [1.807, 2.05) is 24.3 Å². The SMILES string of the molecule is CNOc1ccccc1OC. The van der Waals surface area contributed by atoms with Crippen molar-refractivity contribution in [1.82, 2.24) is 5.48 Å². The van der Waals surface area contributed by atoms with Crippen molar-refractivity contribution >= 4 is 0 Å². The Bertz CT molecular complexity index is 225. The van der Waals surface area contributed by atoms with Gasteiger partial charge >= 0.3 is 0 Å². The van der Waals surface area contributed by atoms with E-state index in [1.54, 1.807) is 14.2 Å². The zero-order valence-corrected chi connectivity index (χ0v) is 6.63. The van der Waals surface area contributed by atoms with Crippen LogP contribution < -0.4 is 15.1 Å². The van der Waals surface area contributed by atoms with Gasteiger partial charge in [0.25, 0.3) is 0 Å². The number of benzene rings is 1. The van der Waals surface area contributed by atoms with E-state index in [2.05, 4.69) is 5.48 Å². The van der Waals surface area contributed by atoms with E-state index in [0.717, 1.165) is 5.75 Å². The van der Waals surface area contributed by atoms with E-state index in [-0.39, 0.29) is 0 Å². The van der Waals surface area contributed by atoms with Crippen LogP contribution in [0, 0.1) is 0 Å². The fourth-order valence-corrected chi connectivity index (χ4v) is 0.813. The largest absolute Gasteiger partial charge is 0.493 e. The van der Waals surface area contributed by atoms with Gasteiger partial charge in [-0.3, -0.25) is 0 Å². The molecular formula is C8H11NO2. The molecule has 0 aliphatic rings. The van der Waals surface area contributed by atoms with Crippen LogP contribution in [0.5, 0.6) is 11.5 Å². The lowest BCUT2D eigenvalue weighted by Crippen LogP contribution is -2.11. The third-order valence-corrected chi connectivity index (χ3v) is 1.28. The number of methoxy groups -OCH3 is 1. The Balaban J connectivity index is 2.83. The summed E-state index contributed by atoms with van der Waals surface area (Å²) in [7, 11) is 3.31. The molecule has 0 saturated carbocycles. The molecule has 0 aliphatic carbocycles. The molecule has 1 aromatic carbocycles. The molecule has 0 aromatic heterocycles. The molecule has 0 heterocycles. The van der Waals surface area contributed by atoms with Gasteiger partial charge in [0.15, 0.2) is 11.5 Å². The van der Waals surface area contributed by atoms with E-state index in [1.165, 1.54) is 0 Å². The molecule has 0 aliphatic heterocycles. The Hall–Kier alpha value is -1.22. The van der Waals surface area contributed by atoms with Crippen molar-refractivity contribution in [1.29, 1.82) is 0 Å². The molecule has 1 N–H and O–H groups in total. The van der Waals surface area contributed by atoms with Gasteiger partial charge in [0.1, 0.15) is 0 Å². The minimum Gasteiger partial charge on any atom is -0.493 e. The molecule has 0 amide bonds. The van der Waals surface area contributed by atoms with Crippen LogP contribution in [-0.2, 0) is 0 Å². The molecule has 3 heteroatoms. The molecular weight excluding hydrogens is 142 g/mol. The molecule has 0 atom stereocenters. The van der Waals surface area contributed by atoms with Gasteiger partial charge in [-0.15, -0.1) is 0 Å². The summed E-state index contributed by atoms with van der Waals surface area (Å²) in [6.07, 6.45) is 0. The molecule has 60 valence electrons. The maximum absolute atomic E-state index is 5.05. The Morgan fingerprint density at radius 1 is 1.18 bits per heavy atom. The average Bonchev–Trinajstić information content (AvgIpc) is 2.06. The third-order valence-electron chi connectivity index (χ3n) is 1.28. The number of hydroxylamine groups is 1. The standard InChI is InChI=1S/C8H11NO2/c1-9-11-8-6-4-3-5-7(8)10-2/h3-6,9H,1-2H3. The van der Waals surface area contributed by atoms with E-state index < -0.39 is 0 Å². The van der Waals surface area contributed by atoms with E-state index >= 15 is 0 Å². The van der Waals surface area contributed by atoms with Gasteiger partial charge in [0.2, 0.25) is 0 Å². The van der Waals surface area contributed by atoms with Gasteiger partial charge in [-0.25, -0.2) is 0 Å². The summed E-state index contributed by atoms with van der Waals surface area (Å²) in [5.41, 5.74) is 2.58. The molecule has 0 radical (unpaired) electrons. The monoisotopic (exact) mass is 153 g/mol. The zero-order valence-electron chi connectivity index (χ0n) is 6.63. The van der Waals surface area contributed by atoms with Gasteiger partial charge < -0.3 is 9.57 Å². The minimum absolute atomic E-state index is 0.692. The predicted octanol–water partition coefficient (Wildman–Crippen LogP) is 1.21. The van der Waals surface area contributed by atoms with Gasteiger partial charge in [0.05, 0.1) is 7.11 Å². The molecule has 0 unspecified atom stereocenters. The summed E-state index contributed by atoms with van der Waals surface area (Å²) in [5.74, 6) is 1.42. The van der Waals surface area contributed by atoms with E-state index in [0.29, 0.717) is 5.75 Å². The van der Waals surface area contributed by atoms with Crippen molar-refractivity contribution in [2.45, 2.75) is 0 Å². The highest BCUT2D eigenvalue weighted by molar-refractivity contribution is 5.38. The first kappa shape index (κ1) is 7.88. The summed E-state index contributed by atoms with van der Waals surface area (Å²) in [5, 5.41) is 0. The lowest BCUT2D eigenvalue weighted by Gasteiger charge is -2.06. The lowest BCUT2D eigenvalue weighted by atomic mass is 10.3. The fraction of sp³-hybridized carbons (Fsp3) is 0.250. The number of para-hydroxylation sites is 2. The maximum Gasteiger partial charge on any atom is 0.188 e. The first-order valence-electron chi connectivity index (χ1n) is 3.35. The number of hydrogen-bond acceptors (Lipinski definition) is 3. The van der Waals surface area contributed by atoms with Gasteiger partial charge in [-0.1, -0.05) is 12.1 Å². The van der Waals surface area contributed by atoms with Crippen molar-refractivity contribution in [3.05, 3.63) is 24.3 Å². The molecule has 11 heavy (non-hydrogen) atoms. The first-order chi connectivity index (χ1) is 5.38. The van der Waals surface area contributed by atoms with Crippen LogP contribution in [0.15, 0.2) is 24.3 Å². The topological polar surface area (TPSA) is 30.5 Å². The van der Waals surface area contributed by atoms with E-state index in [9.17, 15) is 0 Å². The van der Waals surface area contributed by atoms with Crippen molar-refractivity contribution in [3.63, 3.8) is 0 Å². The molecule has 0 bridgehead atoms. The Morgan fingerprint density at radius 3 is 2.36 bits per heavy atom. The Morgan fingerprint density at radius 2 is 1.82 bits per heavy atom. The average molecular weight is 153 g/mol. The smallest absolute Gasteiger partial charge is 0.188 e. The van der Waals surface area contributed by atoms with Gasteiger partial charge in [0, 0.05) is 7.05 Å². The third kappa shape index (κ3) is 1.85. The lowest BCUT2D eigenvalue weighted by molar-refractivity contribution is 0.212. The van der Waals surface area contributed by atoms with Crippen LogP contribution in [0.3, 0.4) is 0 Å². The minimum atomic E-state index is 0.692. The van der Waals surface area contributed by atoms with Crippen LogP contribution >= 0.6 is 0 Å². The normalized spacial score (nSPS) is 9.27. The number of rotatable bonds is 3. The van der Waals surface area contributed by atoms with Gasteiger partial charge in [-0.05, 0) is 12.1 Å². The number of ether oxygens (including phenoxy) is 1. The summed E-state index contributed by atoms with van der Waals surface area (Å²) in [4.78, 5) is 5.05. The van der Waals surface area contributed by atoms with Crippen LogP contribution in [0.1, 0.15) is 0 Å². The Labute approximate surface area is 65.9 Å². The quantitative estimate of drug-likeness (QED) is 0.662. The van der Waals surface area contributed by atoms with Crippen molar-refractivity contribution in [2.24, 2.45) is 0 Å². The van der Waals surface area contributed by atoms with Gasteiger partial charge in [-0.2, -0.15) is 5.48 Å². The molecule has 0 fully saturated rings. The highest BCUT2D eigenvalue weighted by Gasteiger charge is 1.99. The number of hydrogen-bond donors (Lipinski definition) is 1. The molecule has 3 nitrogen and oxygen atoms in total. The van der Waals surface area contributed by atoms with Crippen molar-refractivity contribution in [3.8, 4) is 11.5 Å². The molecule has 0 spiro atoms. The van der Waals surface area contributed by atoms with Crippen LogP contribution in [0.25, 0.3) is 0 Å². The second-order valence-corrected chi connectivity index (χ2v) is 1.96. The number of nitrogens with one attached hydrogen (secondary N) is 1. The first-order valence-corrected chi connectivity index (χ1v) is 3.35. The maximum atomic E-state index is 5.05. The highest BCUT2D eigenvalue weighted by Crippen LogP contribution is 2.24. The summed E-state index contributed by atoms with van der Waals surface area (Å²) < 4.78 is 5.03. The van der Waals surface area contributed by atoms with Crippen molar-refractivity contribution < 1.29 is 9.57 Å². The van der Waals surface area contributed by atoms with Crippen molar-refractivity contribution in [2.75, 3.05) is 14.2 Å². The second kappa shape index (κ2) is 3.83. The van der Waals surface area contributed by atoms with Crippen LogP contribution in [0.2, 0.25) is 0 Å². The fourth-order valence-electron chi connectivity index (χ4n) is 0.813. The van der Waals surface area contributed by atoms with Crippen LogP contribution in [-0.4, -0.2) is 14.2 Å². The van der Waals surface area contributed by atoms with E-state index in [4.69, 9.17) is 9.57 Å². The Kier molecular flexibility index (Phi) is 2.74. The zero-order chi connectivity index (χ0) is 8.10. The predicted molar refractivity (Wildman–Crippen MR) is 42.7 cm³/mol. The summed E-state index contributed by atoms with van der Waals surface area (Å²) >= 11 is 0. The second-order valence-electron chi connectivity index (χ2n) is 1.96. The highest BCUT2D eigenvalue weighted by atomic mass is 16.7. The van der Waals surface area contributed by atoms with Crippen LogP contribution in [0.4, 0.5) is 0 Å². The molecule has 0 saturated heterocycles. The summed E-state index contributed by atoms with van der Waals surface area (Å²) in [6.45, 7) is 0. The molecule has 1 aromatic rings.